The fourth-order valence-electron chi connectivity index (χ4n) is 2.42. The second kappa shape index (κ2) is 6.04. The van der Waals surface area contributed by atoms with Crippen LogP contribution in [0, 0.1) is 13.8 Å². The predicted molar refractivity (Wildman–Crippen MR) is 81.2 cm³/mol. The lowest BCUT2D eigenvalue weighted by Gasteiger charge is -2.08. The van der Waals surface area contributed by atoms with Crippen LogP contribution in [0.15, 0.2) is 24.3 Å². The van der Waals surface area contributed by atoms with Crippen molar-refractivity contribution in [3.63, 3.8) is 0 Å². The first-order valence-electron chi connectivity index (χ1n) is 7.21. The standard InChI is InChI=1S/C17H22N2O/c1-5-14-10-15(19(6-2)18-14)11-17(20)16-9-7-8-12(3)13(16)4/h7-10H,5-6,11H2,1-4H3. The number of ketones is 1. The highest BCUT2D eigenvalue weighted by atomic mass is 16.1. The molecule has 0 saturated carbocycles. The van der Waals surface area contributed by atoms with Gasteiger partial charge in [-0.1, -0.05) is 25.1 Å². The second-order valence-electron chi connectivity index (χ2n) is 5.14. The van der Waals surface area contributed by atoms with E-state index in [0.717, 1.165) is 41.0 Å². The Bertz CT molecular complexity index is 626. The summed E-state index contributed by atoms with van der Waals surface area (Å²) >= 11 is 0. The van der Waals surface area contributed by atoms with Crippen molar-refractivity contribution >= 4 is 5.78 Å². The van der Waals surface area contributed by atoms with Crippen molar-refractivity contribution in [2.75, 3.05) is 0 Å². The van der Waals surface area contributed by atoms with E-state index in [9.17, 15) is 4.79 Å². The molecule has 3 nitrogen and oxygen atoms in total. The van der Waals surface area contributed by atoms with Crippen molar-refractivity contribution in [1.29, 1.82) is 0 Å². The van der Waals surface area contributed by atoms with Crippen LogP contribution in [-0.4, -0.2) is 15.6 Å². The van der Waals surface area contributed by atoms with Gasteiger partial charge in [0.25, 0.3) is 0 Å². The first-order valence-corrected chi connectivity index (χ1v) is 7.21. The van der Waals surface area contributed by atoms with Gasteiger partial charge in [0, 0.05) is 17.8 Å². The lowest BCUT2D eigenvalue weighted by molar-refractivity contribution is 0.0990. The number of rotatable bonds is 5. The quantitative estimate of drug-likeness (QED) is 0.779. The topological polar surface area (TPSA) is 34.9 Å². The third kappa shape index (κ3) is 2.82. The summed E-state index contributed by atoms with van der Waals surface area (Å²) in [5.41, 5.74) is 5.13. The maximum Gasteiger partial charge on any atom is 0.169 e. The van der Waals surface area contributed by atoms with Gasteiger partial charge in [-0.15, -0.1) is 0 Å². The number of nitrogens with zero attached hydrogens (tertiary/aromatic N) is 2. The van der Waals surface area contributed by atoms with Gasteiger partial charge >= 0.3 is 0 Å². The van der Waals surface area contributed by atoms with Gasteiger partial charge in [-0.05, 0) is 44.4 Å². The van der Waals surface area contributed by atoms with Gasteiger partial charge in [0.05, 0.1) is 12.1 Å². The Morgan fingerprint density at radius 3 is 2.65 bits per heavy atom. The van der Waals surface area contributed by atoms with Crippen LogP contribution < -0.4 is 0 Å². The highest BCUT2D eigenvalue weighted by Crippen LogP contribution is 2.16. The molecule has 0 aliphatic heterocycles. The van der Waals surface area contributed by atoms with Gasteiger partial charge in [-0.3, -0.25) is 9.48 Å². The molecule has 20 heavy (non-hydrogen) atoms. The fraction of sp³-hybridized carbons (Fsp3) is 0.412. The van der Waals surface area contributed by atoms with Crippen molar-refractivity contribution in [2.45, 2.75) is 47.1 Å². The molecule has 1 aromatic carbocycles. The molecule has 106 valence electrons. The Morgan fingerprint density at radius 1 is 1.25 bits per heavy atom. The molecule has 1 heterocycles. The van der Waals surface area contributed by atoms with Gasteiger partial charge in [-0.25, -0.2) is 0 Å². The van der Waals surface area contributed by atoms with Crippen molar-refractivity contribution in [1.82, 2.24) is 9.78 Å². The number of carbonyl (C=O) groups excluding carboxylic acids is 1. The van der Waals surface area contributed by atoms with Gasteiger partial charge in [0.2, 0.25) is 0 Å². The van der Waals surface area contributed by atoms with Gasteiger partial charge in [0.1, 0.15) is 0 Å². The Kier molecular flexibility index (Phi) is 4.38. The third-order valence-corrected chi connectivity index (χ3v) is 3.82. The molecule has 1 aromatic heterocycles. The normalized spacial score (nSPS) is 10.8. The van der Waals surface area contributed by atoms with Crippen LogP contribution in [0.25, 0.3) is 0 Å². The summed E-state index contributed by atoms with van der Waals surface area (Å²) in [7, 11) is 0. The van der Waals surface area contributed by atoms with Crippen LogP contribution in [0.2, 0.25) is 0 Å². The SMILES string of the molecule is CCc1cc(CC(=O)c2cccc(C)c2C)n(CC)n1. The summed E-state index contributed by atoms with van der Waals surface area (Å²) in [6, 6.07) is 7.95. The number of aromatic nitrogens is 2. The summed E-state index contributed by atoms with van der Waals surface area (Å²) in [6.07, 6.45) is 1.32. The summed E-state index contributed by atoms with van der Waals surface area (Å²) in [5, 5.41) is 4.50. The average Bonchev–Trinajstić information content (AvgIpc) is 2.84. The van der Waals surface area contributed by atoms with E-state index in [-0.39, 0.29) is 5.78 Å². The average molecular weight is 270 g/mol. The molecule has 0 saturated heterocycles. The zero-order valence-corrected chi connectivity index (χ0v) is 12.7. The molecule has 0 amide bonds. The van der Waals surface area contributed by atoms with Gasteiger partial charge in [-0.2, -0.15) is 5.10 Å². The van der Waals surface area contributed by atoms with E-state index < -0.39 is 0 Å². The van der Waals surface area contributed by atoms with E-state index in [1.807, 2.05) is 42.8 Å². The van der Waals surface area contributed by atoms with Crippen molar-refractivity contribution < 1.29 is 4.79 Å². The number of benzene rings is 1. The molecule has 0 radical (unpaired) electrons. The molecule has 0 bridgehead atoms. The molecule has 0 N–H and O–H groups in total. The largest absolute Gasteiger partial charge is 0.294 e. The predicted octanol–water partition coefficient (Wildman–Crippen LogP) is 3.51. The molecule has 0 atom stereocenters. The highest BCUT2D eigenvalue weighted by Gasteiger charge is 2.14. The van der Waals surface area contributed by atoms with Gasteiger partial charge in [0.15, 0.2) is 5.78 Å². The minimum Gasteiger partial charge on any atom is -0.294 e. The van der Waals surface area contributed by atoms with Crippen LogP contribution in [0.4, 0.5) is 0 Å². The second-order valence-corrected chi connectivity index (χ2v) is 5.14. The summed E-state index contributed by atoms with van der Waals surface area (Å²) in [5.74, 6) is 0.170. The molecule has 2 rings (SSSR count). The Hall–Kier alpha value is -1.90. The number of hydrogen-bond acceptors (Lipinski definition) is 2. The minimum absolute atomic E-state index is 0.170. The zero-order chi connectivity index (χ0) is 14.7. The summed E-state index contributed by atoms with van der Waals surface area (Å²) < 4.78 is 1.93. The third-order valence-electron chi connectivity index (χ3n) is 3.82. The summed E-state index contributed by atoms with van der Waals surface area (Å²) in [6.45, 7) is 8.99. The Balaban J connectivity index is 2.27. The number of hydrogen-bond donors (Lipinski definition) is 0. The first kappa shape index (κ1) is 14.5. The molecule has 3 heteroatoms. The fourth-order valence-corrected chi connectivity index (χ4v) is 2.42. The number of carbonyl (C=O) groups is 1. The number of Topliss-reactive ketones (excluding diaryl/α,β-unsaturated/α-hetero) is 1. The smallest absolute Gasteiger partial charge is 0.169 e. The van der Waals surface area contributed by atoms with Gasteiger partial charge < -0.3 is 0 Å². The zero-order valence-electron chi connectivity index (χ0n) is 12.7. The van der Waals surface area contributed by atoms with E-state index in [2.05, 4.69) is 18.9 Å². The molecular weight excluding hydrogens is 248 g/mol. The molecule has 0 aliphatic carbocycles. The van der Waals surface area contributed by atoms with Crippen molar-refractivity contribution in [2.24, 2.45) is 0 Å². The van der Waals surface area contributed by atoms with E-state index >= 15 is 0 Å². The van der Waals surface area contributed by atoms with E-state index in [4.69, 9.17) is 0 Å². The van der Waals surface area contributed by atoms with E-state index in [1.165, 1.54) is 0 Å². The first-order chi connectivity index (χ1) is 9.56. The monoisotopic (exact) mass is 270 g/mol. The van der Waals surface area contributed by atoms with E-state index in [0.29, 0.717) is 6.42 Å². The Morgan fingerprint density at radius 2 is 2.00 bits per heavy atom. The lowest BCUT2D eigenvalue weighted by atomic mass is 9.98. The van der Waals surface area contributed by atoms with Crippen LogP contribution in [0.1, 0.15) is 46.7 Å². The molecule has 0 fully saturated rings. The van der Waals surface area contributed by atoms with Crippen LogP contribution in [0.5, 0.6) is 0 Å². The van der Waals surface area contributed by atoms with Crippen LogP contribution >= 0.6 is 0 Å². The van der Waals surface area contributed by atoms with Crippen LogP contribution in [-0.2, 0) is 19.4 Å². The molecule has 2 aromatic rings. The molecular formula is C17H22N2O. The van der Waals surface area contributed by atoms with Crippen molar-refractivity contribution in [3.05, 3.63) is 52.3 Å². The minimum atomic E-state index is 0.170. The van der Waals surface area contributed by atoms with Crippen LogP contribution in [0.3, 0.4) is 0 Å². The van der Waals surface area contributed by atoms with E-state index in [1.54, 1.807) is 0 Å². The maximum absolute atomic E-state index is 12.5. The lowest BCUT2D eigenvalue weighted by Crippen LogP contribution is -2.11. The maximum atomic E-state index is 12.5. The van der Waals surface area contributed by atoms with Crippen molar-refractivity contribution in [3.8, 4) is 0 Å². The molecule has 0 aliphatic rings. The molecule has 0 unspecified atom stereocenters. The highest BCUT2D eigenvalue weighted by molar-refractivity contribution is 5.98. The Labute approximate surface area is 120 Å². The molecule has 0 spiro atoms. The number of aryl methyl sites for hydroxylation is 3. The summed E-state index contributed by atoms with van der Waals surface area (Å²) in [4.78, 5) is 12.5.